The van der Waals surface area contributed by atoms with Crippen LogP contribution in [0.4, 0.5) is 13.2 Å². The minimum Gasteiger partial charge on any atom is -0.330 e. The van der Waals surface area contributed by atoms with Crippen LogP contribution in [0, 0.1) is 0 Å². The number of hydrogen-bond donors (Lipinski definition) is 1. The molecule has 0 aliphatic rings. The lowest BCUT2D eigenvalue weighted by Gasteiger charge is -1.98. The molecule has 0 aromatic carbocycles. The van der Waals surface area contributed by atoms with Crippen molar-refractivity contribution in [3.63, 3.8) is 0 Å². The summed E-state index contributed by atoms with van der Waals surface area (Å²) < 4.78 is 37.6. The van der Waals surface area contributed by atoms with Crippen LogP contribution in [0.5, 0.6) is 0 Å². The van der Waals surface area contributed by atoms with Gasteiger partial charge in [-0.25, -0.2) is 0 Å². The van der Waals surface area contributed by atoms with Gasteiger partial charge in [0, 0.05) is 13.5 Å². The molecule has 0 saturated heterocycles. The molecule has 15 heavy (non-hydrogen) atoms. The normalized spacial score (nSPS) is 11.8. The lowest BCUT2D eigenvalue weighted by Crippen LogP contribution is -2.11. The smallest absolute Gasteiger partial charge is 0.330 e. The summed E-state index contributed by atoms with van der Waals surface area (Å²) in [7, 11) is 1.29. The summed E-state index contributed by atoms with van der Waals surface area (Å²) in [5.74, 6) is -0.442. The molecule has 1 heterocycles. The van der Waals surface area contributed by atoms with Crippen LogP contribution in [-0.2, 0) is 13.2 Å². The zero-order valence-electron chi connectivity index (χ0n) is 8.01. The Bertz CT molecular complexity index is 370. The molecule has 1 rings (SSSR count). The van der Waals surface area contributed by atoms with Crippen LogP contribution in [0.2, 0.25) is 0 Å². The van der Waals surface area contributed by atoms with Crippen molar-refractivity contribution in [3.05, 3.63) is 17.5 Å². The predicted octanol–water partition coefficient (Wildman–Crippen LogP) is 0.970. The Morgan fingerprint density at radius 2 is 2.20 bits per heavy atom. The monoisotopic (exact) mass is 221 g/mol. The van der Waals surface area contributed by atoms with Crippen molar-refractivity contribution >= 4 is 5.78 Å². The summed E-state index contributed by atoms with van der Waals surface area (Å²) in [4.78, 5) is 11.3. The number of carbonyl (C=O) groups excluding carboxylic acids is 1. The summed E-state index contributed by atoms with van der Waals surface area (Å²) in [6.07, 6.45) is -4.52. The van der Waals surface area contributed by atoms with Crippen LogP contribution < -0.4 is 5.73 Å². The van der Waals surface area contributed by atoms with E-state index < -0.39 is 17.7 Å². The molecule has 0 aliphatic heterocycles. The van der Waals surface area contributed by atoms with E-state index in [4.69, 9.17) is 5.73 Å². The maximum atomic E-state index is 12.2. The molecule has 4 nitrogen and oxygen atoms in total. The summed E-state index contributed by atoms with van der Waals surface area (Å²) >= 11 is 0. The molecule has 0 aliphatic carbocycles. The maximum absolute atomic E-state index is 12.2. The third-order valence-corrected chi connectivity index (χ3v) is 1.83. The van der Waals surface area contributed by atoms with Gasteiger partial charge in [-0.3, -0.25) is 9.48 Å². The van der Waals surface area contributed by atoms with Gasteiger partial charge in [0.15, 0.2) is 11.5 Å². The van der Waals surface area contributed by atoms with Crippen LogP contribution in [0.15, 0.2) is 6.07 Å². The second-order valence-electron chi connectivity index (χ2n) is 3.00. The number of nitrogens with two attached hydrogens (primary N) is 1. The quantitative estimate of drug-likeness (QED) is 0.773. The average Bonchev–Trinajstić information content (AvgIpc) is 2.47. The van der Waals surface area contributed by atoms with Crippen LogP contribution in [-0.4, -0.2) is 22.1 Å². The summed E-state index contributed by atoms with van der Waals surface area (Å²) in [5.41, 5.74) is 4.00. The number of rotatable bonds is 3. The van der Waals surface area contributed by atoms with Crippen molar-refractivity contribution in [1.29, 1.82) is 0 Å². The number of ketones is 1. The molecule has 7 heteroatoms. The SMILES string of the molecule is Cn1nc(C(F)(F)F)cc1C(=O)CCN. The van der Waals surface area contributed by atoms with E-state index in [1.165, 1.54) is 7.05 Å². The van der Waals surface area contributed by atoms with Gasteiger partial charge >= 0.3 is 6.18 Å². The van der Waals surface area contributed by atoms with Crippen molar-refractivity contribution in [2.45, 2.75) is 12.6 Å². The Kier molecular flexibility index (Phi) is 3.13. The Morgan fingerprint density at radius 3 is 2.60 bits per heavy atom. The number of Topliss-reactive ketones (excluding diaryl/α,β-unsaturated/α-hetero) is 1. The summed E-state index contributed by atoms with van der Waals surface area (Å²) in [5, 5.41) is 3.22. The van der Waals surface area contributed by atoms with Crippen molar-refractivity contribution in [2.24, 2.45) is 12.8 Å². The van der Waals surface area contributed by atoms with Crippen molar-refractivity contribution in [2.75, 3.05) is 6.54 Å². The number of halogens is 3. The molecule has 0 unspecified atom stereocenters. The fourth-order valence-electron chi connectivity index (χ4n) is 1.13. The predicted molar refractivity (Wildman–Crippen MR) is 46.2 cm³/mol. The van der Waals surface area contributed by atoms with Crippen LogP contribution >= 0.6 is 0 Å². The first-order valence-electron chi connectivity index (χ1n) is 4.20. The van der Waals surface area contributed by atoms with Gasteiger partial charge in [0.05, 0.1) is 0 Å². The minimum atomic E-state index is -4.53. The molecule has 1 aromatic heterocycles. The number of nitrogens with zero attached hydrogens (tertiary/aromatic N) is 2. The van der Waals surface area contributed by atoms with Gasteiger partial charge in [0.2, 0.25) is 0 Å². The van der Waals surface area contributed by atoms with Crippen LogP contribution in [0.3, 0.4) is 0 Å². The van der Waals surface area contributed by atoms with E-state index in [-0.39, 0.29) is 18.7 Å². The molecule has 0 radical (unpaired) electrons. The van der Waals surface area contributed by atoms with E-state index >= 15 is 0 Å². The molecule has 84 valence electrons. The molecule has 0 atom stereocenters. The highest BCUT2D eigenvalue weighted by molar-refractivity contribution is 5.94. The number of aromatic nitrogens is 2. The van der Waals surface area contributed by atoms with Crippen LogP contribution in [0.25, 0.3) is 0 Å². The Hall–Kier alpha value is -1.37. The van der Waals surface area contributed by atoms with Gasteiger partial charge < -0.3 is 5.73 Å². The molecular formula is C8H10F3N3O. The van der Waals surface area contributed by atoms with E-state index in [1.54, 1.807) is 0 Å². The first-order valence-corrected chi connectivity index (χ1v) is 4.20. The molecule has 0 amide bonds. The summed E-state index contributed by atoms with van der Waals surface area (Å²) in [6.45, 7) is 0.103. The number of alkyl halides is 3. The Labute approximate surface area is 83.9 Å². The Morgan fingerprint density at radius 1 is 1.60 bits per heavy atom. The van der Waals surface area contributed by atoms with Crippen molar-refractivity contribution in [1.82, 2.24) is 9.78 Å². The van der Waals surface area contributed by atoms with E-state index in [2.05, 4.69) is 5.10 Å². The van der Waals surface area contributed by atoms with Gasteiger partial charge in [-0.2, -0.15) is 18.3 Å². The second kappa shape index (κ2) is 4.01. The van der Waals surface area contributed by atoms with Crippen LogP contribution in [0.1, 0.15) is 22.6 Å². The molecule has 0 spiro atoms. The van der Waals surface area contributed by atoms with Gasteiger partial charge in [-0.1, -0.05) is 0 Å². The molecule has 1 aromatic rings. The molecular weight excluding hydrogens is 211 g/mol. The molecule has 0 fully saturated rings. The zero-order chi connectivity index (χ0) is 11.6. The van der Waals surface area contributed by atoms with E-state index in [1.807, 2.05) is 0 Å². The van der Waals surface area contributed by atoms with E-state index in [9.17, 15) is 18.0 Å². The minimum absolute atomic E-state index is 0.0107. The number of aryl methyl sites for hydroxylation is 1. The van der Waals surface area contributed by atoms with Crippen molar-refractivity contribution < 1.29 is 18.0 Å². The highest BCUT2D eigenvalue weighted by Crippen LogP contribution is 2.28. The maximum Gasteiger partial charge on any atom is 0.435 e. The highest BCUT2D eigenvalue weighted by atomic mass is 19.4. The van der Waals surface area contributed by atoms with E-state index in [0.29, 0.717) is 0 Å². The lowest BCUT2D eigenvalue weighted by atomic mass is 10.2. The topological polar surface area (TPSA) is 60.9 Å². The fourth-order valence-corrected chi connectivity index (χ4v) is 1.13. The molecule has 2 N–H and O–H groups in total. The highest BCUT2D eigenvalue weighted by Gasteiger charge is 2.35. The third kappa shape index (κ3) is 2.56. The van der Waals surface area contributed by atoms with Gasteiger partial charge in [0.1, 0.15) is 5.69 Å². The van der Waals surface area contributed by atoms with Crippen molar-refractivity contribution in [3.8, 4) is 0 Å². The number of hydrogen-bond acceptors (Lipinski definition) is 3. The standard InChI is InChI=1S/C8H10F3N3O/c1-14-5(6(15)2-3-12)4-7(13-14)8(9,10)11/h4H,2-3,12H2,1H3. The lowest BCUT2D eigenvalue weighted by molar-refractivity contribution is -0.141. The second-order valence-corrected chi connectivity index (χ2v) is 3.00. The third-order valence-electron chi connectivity index (χ3n) is 1.83. The van der Waals surface area contributed by atoms with Gasteiger partial charge in [0.25, 0.3) is 0 Å². The average molecular weight is 221 g/mol. The fraction of sp³-hybridized carbons (Fsp3) is 0.500. The zero-order valence-corrected chi connectivity index (χ0v) is 8.01. The first kappa shape index (κ1) is 11.7. The first-order chi connectivity index (χ1) is 6.86. The summed E-state index contributed by atoms with van der Waals surface area (Å²) in [6, 6.07) is 0.734. The largest absolute Gasteiger partial charge is 0.435 e. The Balaban J connectivity index is 3.02. The molecule has 0 saturated carbocycles. The number of carbonyl (C=O) groups is 1. The van der Waals surface area contributed by atoms with Gasteiger partial charge in [-0.05, 0) is 12.6 Å². The van der Waals surface area contributed by atoms with E-state index in [0.717, 1.165) is 10.7 Å². The molecule has 0 bridgehead atoms. The van der Waals surface area contributed by atoms with Gasteiger partial charge in [-0.15, -0.1) is 0 Å².